The maximum absolute atomic E-state index is 14.3. The number of amides is 5. The number of rotatable bonds is 13. The summed E-state index contributed by atoms with van der Waals surface area (Å²) in [6.45, 7) is 14.0. The molecule has 2 saturated carbocycles. The number of carbonyl (C=O) groups excluding carboxylic acids is 5. The van der Waals surface area contributed by atoms with Gasteiger partial charge in [-0.15, -0.1) is 0 Å². The molecule has 2 unspecified atom stereocenters. The molecule has 2 aliphatic carbocycles. The predicted molar refractivity (Wildman–Crippen MR) is 172 cm³/mol. The molecular weight excluding hydrogens is 598 g/mol. The summed E-state index contributed by atoms with van der Waals surface area (Å²) in [4.78, 5) is 68.6. The number of likely N-dealkylation sites (tertiary alicyclic amines) is 1. The zero-order valence-electron chi connectivity index (χ0n) is 28.4. The highest BCUT2D eigenvalue weighted by Crippen LogP contribution is 2.65. The molecule has 0 aromatic heterocycles. The topological polar surface area (TPSA) is 171 Å². The Morgan fingerprint density at radius 2 is 1.58 bits per heavy atom. The number of fused-ring (bicyclic) bond motifs is 1. The Hall–Kier alpha value is -2.70. The van der Waals surface area contributed by atoms with Crippen molar-refractivity contribution in [2.75, 3.05) is 25.1 Å². The standard InChI is InChI=1S/C32H55N5O7S/c1-9-14-21(24(38)27(40)33-17-10-2)34-26(39)23-22-20(31(22,6)7)18-37(23)28(41)25(30(3,4)5)35-29(42)36-32(19-45(8,43)44)15-12-11-13-16-32/h20-23,25H,9-19H2,1-8H3,(H,33,40)(H,34,39)(H2,35,36,42)/t20?,21?,22-,23-,25+/m0/s1. The van der Waals surface area contributed by atoms with Crippen molar-refractivity contribution in [1.82, 2.24) is 26.2 Å². The Labute approximate surface area is 268 Å². The Kier molecular flexibility index (Phi) is 11.4. The number of urea groups is 1. The minimum atomic E-state index is -3.39. The SMILES string of the molecule is CCCNC(=O)C(=O)C(CCC)NC(=O)[C@@H]1[C@@H]2C(CN1C(=O)[C@@H](NC(=O)NC1(CS(C)(=O)=O)CCCCC1)C(C)(C)C)C2(C)C. The normalized spacial score (nSPS) is 24.9. The summed E-state index contributed by atoms with van der Waals surface area (Å²) < 4.78 is 24.5. The van der Waals surface area contributed by atoms with Crippen LogP contribution in [0.5, 0.6) is 0 Å². The molecule has 4 N–H and O–H groups in total. The lowest BCUT2D eigenvalue weighted by Gasteiger charge is -2.40. The molecule has 3 fully saturated rings. The van der Waals surface area contributed by atoms with Crippen molar-refractivity contribution in [3.05, 3.63) is 0 Å². The predicted octanol–water partition coefficient (Wildman–Crippen LogP) is 2.31. The zero-order chi connectivity index (χ0) is 34.0. The van der Waals surface area contributed by atoms with Gasteiger partial charge in [0.05, 0.1) is 17.3 Å². The number of hydrogen-bond acceptors (Lipinski definition) is 7. The van der Waals surface area contributed by atoms with Crippen molar-refractivity contribution < 1.29 is 32.4 Å². The van der Waals surface area contributed by atoms with E-state index in [2.05, 4.69) is 35.1 Å². The van der Waals surface area contributed by atoms with E-state index < -0.39 is 68.5 Å². The minimum Gasteiger partial charge on any atom is -0.349 e. The van der Waals surface area contributed by atoms with E-state index in [4.69, 9.17) is 0 Å². The van der Waals surface area contributed by atoms with Crippen molar-refractivity contribution in [2.24, 2.45) is 22.7 Å². The van der Waals surface area contributed by atoms with E-state index in [0.717, 1.165) is 25.5 Å². The number of ketones is 1. The molecule has 256 valence electrons. The molecule has 0 bridgehead atoms. The van der Waals surface area contributed by atoms with Crippen LogP contribution in [0.2, 0.25) is 0 Å². The first-order chi connectivity index (χ1) is 20.8. The molecule has 45 heavy (non-hydrogen) atoms. The van der Waals surface area contributed by atoms with Crippen LogP contribution in [-0.4, -0.2) is 91.6 Å². The van der Waals surface area contributed by atoms with Gasteiger partial charge in [0, 0.05) is 19.3 Å². The fourth-order valence-electron chi connectivity index (χ4n) is 7.37. The summed E-state index contributed by atoms with van der Waals surface area (Å²) >= 11 is 0. The summed E-state index contributed by atoms with van der Waals surface area (Å²) in [5.74, 6) is -2.60. The van der Waals surface area contributed by atoms with Gasteiger partial charge >= 0.3 is 6.03 Å². The van der Waals surface area contributed by atoms with Crippen LogP contribution in [0.25, 0.3) is 0 Å². The van der Waals surface area contributed by atoms with Crippen molar-refractivity contribution >= 4 is 39.4 Å². The van der Waals surface area contributed by atoms with Crippen molar-refractivity contribution in [3.63, 3.8) is 0 Å². The summed E-state index contributed by atoms with van der Waals surface area (Å²) in [6, 6.07) is -3.51. The molecule has 5 atom stereocenters. The number of nitrogens with zero attached hydrogens (tertiary/aromatic N) is 1. The average Bonchev–Trinajstić information content (AvgIpc) is 3.25. The summed E-state index contributed by atoms with van der Waals surface area (Å²) in [7, 11) is -3.39. The zero-order valence-corrected chi connectivity index (χ0v) is 29.2. The maximum Gasteiger partial charge on any atom is 0.315 e. The lowest BCUT2D eigenvalue weighted by atomic mass is 9.83. The van der Waals surface area contributed by atoms with Crippen LogP contribution in [0.15, 0.2) is 0 Å². The van der Waals surface area contributed by atoms with E-state index in [1.807, 2.05) is 34.6 Å². The second-order valence-corrected chi connectivity index (χ2v) is 17.3. The largest absolute Gasteiger partial charge is 0.349 e. The number of hydrogen-bond donors (Lipinski definition) is 4. The lowest BCUT2D eigenvalue weighted by Crippen LogP contribution is -2.63. The van der Waals surface area contributed by atoms with Crippen LogP contribution in [0.1, 0.15) is 99.8 Å². The second-order valence-electron chi connectivity index (χ2n) is 15.2. The Bertz CT molecular complexity index is 1250. The molecular formula is C32H55N5O7S. The van der Waals surface area contributed by atoms with Crippen LogP contribution in [0, 0.1) is 22.7 Å². The molecule has 0 spiro atoms. The Balaban J connectivity index is 1.83. The van der Waals surface area contributed by atoms with E-state index in [1.54, 1.807) is 0 Å². The molecule has 1 aliphatic heterocycles. The van der Waals surface area contributed by atoms with Gasteiger partial charge in [-0.2, -0.15) is 0 Å². The third-order valence-electron chi connectivity index (χ3n) is 9.85. The van der Waals surface area contributed by atoms with Gasteiger partial charge in [-0.25, -0.2) is 13.2 Å². The van der Waals surface area contributed by atoms with E-state index in [-0.39, 0.29) is 29.4 Å². The molecule has 3 rings (SSSR count). The smallest absolute Gasteiger partial charge is 0.315 e. The van der Waals surface area contributed by atoms with Crippen LogP contribution in [-0.2, 0) is 29.0 Å². The molecule has 0 radical (unpaired) electrons. The minimum absolute atomic E-state index is 0.0695. The molecule has 12 nitrogen and oxygen atoms in total. The highest BCUT2D eigenvalue weighted by atomic mass is 32.2. The van der Waals surface area contributed by atoms with E-state index in [9.17, 15) is 32.4 Å². The van der Waals surface area contributed by atoms with Crippen molar-refractivity contribution in [3.8, 4) is 0 Å². The summed E-state index contributed by atoms with van der Waals surface area (Å²) in [5.41, 5.74) is -1.84. The van der Waals surface area contributed by atoms with Gasteiger partial charge in [0.1, 0.15) is 21.9 Å². The van der Waals surface area contributed by atoms with Crippen LogP contribution >= 0.6 is 0 Å². The van der Waals surface area contributed by atoms with E-state index in [0.29, 0.717) is 38.8 Å². The number of piperidine rings is 1. The molecule has 13 heteroatoms. The number of sulfone groups is 1. The van der Waals surface area contributed by atoms with Crippen molar-refractivity contribution in [2.45, 2.75) is 123 Å². The van der Waals surface area contributed by atoms with Gasteiger partial charge in [-0.1, -0.05) is 74.1 Å². The van der Waals surface area contributed by atoms with E-state index in [1.165, 1.54) is 4.90 Å². The van der Waals surface area contributed by atoms with E-state index >= 15 is 0 Å². The van der Waals surface area contributed by atoms with Gasteiger partial charge < -0.3 is 26.2 Å². The first-order valence-electron chi connectivity index (χ1n) is 16.5. The Morgan fingerprint density at radius 3 is 2.11 bits per heavy atom. The van der Waals surface area contributed by atoms with Crippen LogP contribution in [0.3, 0.4) is 0 Å². The average molecular weight is 654 g/mol. The van der Waals surface area contributed by atoms with Gasteiger partial charge in [-0.3, -0.25) is 19.2 Å². The van der Waals surface area contributed by atoms with Crippen molar-refractivity contribution in [1.29, 1.82) is 0 Å². The third kappa shape index (κ3) is 8.77. The number of carbonyl (C=O) groups is 5. The number of nitrogens with one attached hydrogen (secondary N) is 4. The first-order valence-corrected chi connectivity index (χ1v) is 18.5. The van der Waals surface area contributed by atoms with Gasteiger partial charge in [0.15, 0.2) is 0 Å². The van der Waals surface area contributed by atoms with Gasteiger partial charge in [-0.05, 0) is 48.3 Å². The summed E-state index contributed by atoms with van der Waals surface area (Å²) in [5, 5.41) is 11.1. The summed E-state index contributed by atoms with van der Waals surface area (Å²) in [6.07, 6.45) is 6.28. The quantitative estimate of drug-likeness (QED) is 0.221. The number of Topliss-reactive ketones (excluding diaryl/α,β-unsaturated/α-hetero) is 1. The monoisotopic (exact) mass is 653 g/mol. The molecule has 1 heterocycles. The van der Waals surface area contributed by atoms with Crippen LogP contribution in [0.4, 0.5) is 4.79 Å². The van der Waals surface area contributed by atoms with Crippen LogP contribution < -0.4 is 21.3 Å². The third-order valence-corrected chi connectivity index (χ3v) is 10.9. The fourth-order valence-corrected chi connectivity index (χ4v) is 8.73. The van der Waals surface area contributed by atoms with Gasteiger partial charge in [0.25, 0.3) is 5.91 Å². The highest BCUT2D eigenvalue weighted by Gasteiger charge is 2.70. The van der Waals surface area contributed by atoms with Gasteiger partial charge in [0.2, 0.25) is 17.6 Å². The fraction of sp³-hybridized carbons (Fsp3) is 0.844. The molecule has 3 aliphatic rings. The lowest BCUT2D eigenvalue weighted by molar-refractivity contribution is -0.145. The second kappa shape index (κ2) is 14.0. The Morgan fingerprint density at radius 1 is 0.956 bits per heavy atom. The first kappa shape index (κ1) is 36.8. The highest BCUT2D eigenvalue weighted by molar-refractivity contribution is 7.90. The molecule has 0 aromatic carbocycles. The maximum atomic E-state index is 14.3. The molecule has 1 saturated heterocycles. The molecule has 0 aromatic rings. The molecule has 5 amide bonds.